The number of carbonyl (C=O) groups excluding carboxylic acids is 1. The van der Waals surface area contributed by atoms with Crippen LogP contribution in [-0.4, -0.2) is 50.9 Å². The Morgan fingerprint density at radius 1 is 1.11 bits per heavy atom. The van der Waals surface area contributed by atoms with Gasteiger partial charge in [-0.1, -0.05) is 17.7 Å². The zero-order chi connectivity index (χ0) is 19.1. The molecule has 0 saturated carbocycles. The number of amides is 1. The van der Waals surface area contributed by atoms with Crippen LogP contribution in [0.15, 0.2) is 33.9 Å². The van der Waals surface area contributed by atoms with E-state index in [2.05, 4.69) is 45.4 Å². The number of hydrogen-bond donors (Lipinski definition) is 1. The zero-order valence-corrected chi connectivity index (χ0v) is 15.9. The van der Waals surface area contributed by atoms with Gasteiger partial charge in [0, 0.05) is 38.9 Å². The van der Waals surface area contributed by atoms with Crippen LogP contribution in [0.1, 0.15) is 15.2 Å². The average Bonchev–Trinajstić information content (AvgIpc) is 3.10. The Kier molecular flexibility index (Phi) is 4.31. The molecule has 1 amide bonds. The second kappa shape index (κ2) is 6.66. The fraction of sp³-hybridized carbons (Fsp3) is 0.333. The summed E-state index contributed by atoms with van der Waals surface area (Å²) < 4.78 is 5.04. The molecule has 1 saturated heterocycles. The number of piperazine rings is 1. The van der Waals surface area contributed by atoms with E-state index >= 15 is 0 Å². The van der Waals surface area contributed by atoms with Crippen LogP contribution >= 0.6 is 11.5 Å². The Balaban J connectivity index is 1.55. The molecule has 0 radical (unpaired) electrons. The summed E-state index contributed by atoms with van der Waals surface area (Å²) in [6, 6.07) is 8.33. The highest BCUT2D eigenvalue weighted by Gasteiger charge is 2.26. The molecule has 1 aliphatic rings. The monoisotopic (exact) mass is 385 g/mol. The first-order valence-corrected chi connectivity index (χ1v) is 9.42. The van der Waals surface area contributed by atoms with Crippen LogP contribution in [0.2, 0.25) is 0 Å². The zero-order valence-electron chi connectivity index (χ0n) is 15.1. The molecule has 1 N–H and O–H groups in total. The molecule has 4 rings (SSSR count). The number of carbonyl (C=O) groups is 1. The number of anilines is 1. The number of nitrogens with zero attached hydrogens (tertiary/aromatic N) is 4. The molecule has 1 aromatic carbocycles. The molecular weight excluding hydrogens is 366 g/mol. The second-order valence-electron chi connectivity index (χ2n) is 6.64. The van der Waals surface area contributed by atoms with Crippen molar-refractivity contribution in [3.8, 4) is 0 Å². The number of rotatable bonds is 2. The molecule has 140 valence electrons. The Morgan fingerprint density at radius 3 is 2.44 bits per heavy atom. The van der Waals surface area contributed by atoms with Gasteiger partial charge in [0.25, 0.3) is 11.5 Å². The number of fused-ring (bicyclic) bond motifs is 1. The second-order valence-corrected chi connectivity index (χ2v) is 7.42. The van der Waals surface area contributed by atoms with Crippen LogP contribution in [-0.2, 0) is 7.05 Å². The van der Waals surface area contributed by atoms with Crippen molar-refractivity contribution < 1.29 is 4.79 Å². The van der Waals surface area contributed by atoms with Crippen molar-refractivity contribution in [2.75, 3.05) is 31.1 Å². The molecule has 3 aromatic rings. The lowest BCUT2D eigenvalue weighted by atomic mass is 10.2. The summed E-state index contributed by atoms with van der Waals surface area (Å²) in [6.07, 6.45) is 0. The lowest BCUT2D eigenvalue weighted by Gasteiger charge is -2.36. The van der Waals surface area contributed by atoms with Crippen molar-refractivity contribution in [1.82, 2.24) is 18.8 Å². The minimum Gasteiger partial charge on any atom is -0.368 e. The Morgan fingerprint density at radius 2 is 1.78 bits per heavy atom. The first-order valence-electron chi connectivity index (χ1n) is 8.65. The number of nitrogens with one attached hydrogen (secondary N) is 1. The third kappa shape index (κ3) is 3.03. The van der Waals surface area contributed by atoms with E-state index in [4.69, 9.17) is 0 Å². The van der Waals surface area contributed by atoms with Gasteiger partial charge >= 0.3 is 5.69 Å². The third-order valence-corrected chi connectivity index (χ3v) is 5.73. The maximum atomic E-state index is 12.9. The van der Waals surface area contributed by atoms with Gasteiger partial charge in [0.1, 0.15) is 4.88 Å². The molecule has 1 fully saturated rings. The van der Waals surface area contributed by atoms with Crippen LogP contribution in [0.25, 0.3) is 11.0 Å². The van der Waals surface area contributed by atoms with Crippen molar-refractivity contribution in [2.24, 2.45) is 7.05 Å². The summed E-state index contributed by atoms with van der Waals surface area (Å²) in [6.45, 7) is 4.65. The van der Waals surface area contributed by atoms with E-state index in [1.165, 1.54) is 12.6 Å². The number of H-pyrrole nitrogens is 1. The highest BCUT2D eigenvalue weighted by Crippen LogP contribution is 2.21. The van der Waals surface area contributed by atoms with Crippen molar-refractivity contribution in [2.45, 2.75) is 6.92 Å². The van der Waals surface area contributed by atoms with E-state index < -0.39 is 11.2 Å². The molecule has 8 nitrogen and oxygen atoms in total. The molecule has 0 bridgehead atoms. The summed E-state index contributed by atoms with van der Waals surface area (Å²) in [5.74, 6) is -0.199. The topological polar surface area (TPSA) is 91.3 Å². The quantitative estimate of drug-likeness (QED) is 0.709. The summed E-state index contributed by atoms with van der Waals surface area (Å²) in [7, 11) is 1.38. The summed E-state index contributed by atoms with van der Waals surface area (Å²) in [4.78, 5) is 43.8. The van der Waals surface area contributed by atoms with Crippen LogP contribution in [0.5, 0.6) is 0 Å². The van der Waals surface area contributed by atoms with Gasteiger partial charge in [0.15, 0.2) is 5.52 Å². The normalized spacial score (nSPS) is 14.7. The minimum absolute atomic E-state index is 0.128. The molecule has 0 spiro atoms. The molecule has 1 aliphatic heterocycles. The van der Waals surface area contributed by atoms with E-state index in [9.17, 15) is 14.4 Å². The van der Waals surface area contributed by atoms with Gasteiger partial charge in [-0.2, -0.15) is 4.37 Å². The maximum Gasteiger partial charge on any atom is 0.328 e. The smallest absolute Gasteiger partial charge is 0.328 e. The number of aromatic amines is 1. The fourth-order valence-corrected chi connectivity index (χ4v) is 4.00. The summed E-state index contributed by atoms with van der Waals surface area (Å²) in [5.41, 5.74) is 1.68. The highest BCUT2D eigenvalue weighted by atomic mass is 32.1. The highest BCUT2D eigenvalue weighted by molar-refractivity contribution is 7.09. The van der Waals surface area contributed by atoms with E-state index in [1.807, 2.05) is 0 Å². The molecule has 9 heteroatoms. The van der Waals surface area contributed by atoms with Crippen molar-refractivity contribution >= 4 is 34.2 Å². The third-order valence-electron chi connectivity index (χ3n) is 4.90. The average molecular weight is 385 g/mol. The predicted molar refractivity (Wildman–Crippen MR) is 105 cm³/mol. The van der Waals surface area contributed by atoms with E-state index in [0.29, 0.717) is 18.0 Å². The van der Waals surface area contributed by atoms with Gasteiger partial charge in [0.05, 0.1) is 5.52 Å². The van der Waals surface area contributed by atoms with Gasteiger partial charge < -0.3 is 14.8 Å². The standard InChI is InChI=1S/C18H19N5O3S/c1-11-3-5-12(6-4-11)22-7-9-23(10-8-22)17(25)15-13-14(20-27-15)16(24)21(2)18(26)19-13/h3-6H,7-10H2,1-2H3,(H,19,26). The first-order chi connectivity index (χ1) is 13.0. The van der Waals surface area contributed by atoms with Crippen LogP contribution in [0.3, 0.4) is 0 Å². The largest absolute Gasteiger partial charge is 0.368 e. The van der Waals surface area contributed by atoms with Crippen LogP contribution < -0.4 is 16.1 Å². The molecule has 2 aromatic heterocycles. The SMILES string of the molecule is Cc1ccc(N2CCN(C(=O)c3snc4c(=O)n(C)c(=O)[nH]c34)CC2)cc1. The van der Waals surface area contributed by atoms with Gasteiger partial charge in [0.2, 0.25) is 0 Å². The van der Waals surface area contributed by atoms with Gasteiger partial charge in [-0.25, -0.2) is 4.79 Å². The van der Waals surface area contributed by atoms with Gasteiger partial charge in [-0.15, -0.1) is 0 Å². The molecule has 3 heterocycles. The fourth-order valence-electron chi connectivity index (χ4n) is 3.21. The van der Waals surface area contributed by atoms with Crippen molar-refractivity contribution in [3.05, 3.63) is 55.5 Å². The number of benzene rings is 1. The summed E-state index contributed by atoms with van der Waals surface area (Å²) >= 11 is 0.957. The van der Waals surface area contributed by atoms with Crippen molar-refractivity contribution in [3.63, 3.8) is 0 Å². The van der Waals surface area contributed by atoms with E-state index in [-0.39, 0.29) is 16.9 Å². The number of aryl methyl sites for hydroxylation is 1. The molecule has 0 aliphatic carbocycles. The van der Waals surface area contributed by atoms with E-state index in [1.54, 1.807) is 4.90 Å². The van der Waals surface area contributed by atoms with Crippen molar-refractivity contribution in [1.29, 1.82) is 0 Å². The molecular formula is C18H19N5O3S. The number of aromatic nitrogens is 3. The molecule has 27 heavy (non-hydrogen) atoms. The lowest BCUT2D eigenvalue weighted by Crippen LogP contribution is -2.48. The minimum atomic E-state index is -0.550. The number of hydrogen-bond acceptors (Lipinski definition) is 6. The Labute approximate surface area is 158 Å². The van der Waals surface area contributed by atoms with E-state index in [0.717, 1.165) is 34.9 Å². The van der Waals surface area contributed by atoms with Crippen LogP contribution in [0.4, 0.5) is 5.69 Å². The Hall–Kier alpha value is -2.94. The summed E-state index contributed by atoms with van der Waals surface area (Å²) in [5, 5.41) is 0. The Bertz CT molecular complexity index is 1120. The lowest BCUT2D eigenvalue weighted by molar-refractivity contribution is 0.0753. The first kappa shape index (κ1) is 17.5. The molecule has 0 atom stereocenters. The maximum absolute atomic E-state index is 12.9. The van der Waals surface area contributed by atoms with Gasteiger partial charge in [-0.3, -0.25) is 14.2 Å². The molecule has 0 unspecified atom stereocenters. The predicted octanol–water partition coefficient (Wildman–Crippen LogP) is 0.954. The van der Waals surface area contributed by atoms with Crippen LogP contribution in [0, 0.1) is 6.92 Å². The van der Waals surface area contributed by atoms with Gasteiger partial charge in [-0.05, 0) is 30.6 Å².